The molecule has 6 nitrogen and oxygen atoms in total. The van der Waals surface area contributed by atoms with Crippen molar-refractivity contribution in [1.82, 2.24) is 4.90 Å². The van der Waals surface area contributed by atoms with Gasteiger partial charge in [0.05, 0.1) is 10.9 Å². The third-order valence-corrected chi connectivity index (χ3v) is 6.41. The van der Waals surface area contributed by atoms with Gasteiger partial charge in [-0.3, -0.25) is 14.4 Å². The van der Waals surface area contributed by atoms with Crippen LogP contribution in [0.1, 0.15) is 32.6 Å². The van der Waals surface area contributed by atoms with E-state index in [0.717, 1.165) is 50.9 Å². The van der Waals surface area contributed by atoms with Gasteiger partial charge in [-0.05, 0) is 74.8 Å². The van der Waals surface area contributed by atoms with E-state index in [0.29, 0.717) is 11.8 Å². The monoisotopic (exact) mass is 437 g/mol. The number of anilines is 2. The lowest BCUT2D eigenvalue weighted by molar-refractivity contribution is -0.122. The number of piperidine rings is 1. The molecule has 2 aromatic rings. The Labute approximate surface area is 175 Å². The lowest BCUT2D eigenvalue weighted by Crippen LogP contribution is -2.47. The molecule has 1 heterocycles. The van der Waals surface area contributed by atoms with E-state index in [1.807, 2.05) is 0 Å². The summed E-state index contributed by atoms with van der Waals surface area (Å²) in [4.78, 5) is 14.5. The minimum absolute atomic E-state index is 0.0710. The van der Waals surface area contributed by atoms with E-state index in [9.17, 15) is 22.0 Å². The number of hydrogen-bond donors (Lipinski definition) is 2. The van der Waals surface area contributed by atoms with E-state index < -0.39 is 21.7 Å². The maximum absolute atomic E-state index is 13.3. The minimum atomic E-state index is -4.07. The Kier molecular flexibility index (Phi) is 7.04. The van der Waals surface area contributed by atoms with Crippen LogP contribution in [0, 0.1) is 11.6 Å². The number of halogens is 2. The Hall–Kier alpha value is -2.52. The second-order valence-electron chi connectivity index (χ2n) is 7.30. The summed E-state index contributed by atoms with van der Waals surface area (Å²) in [5.74, 6) is -2.43. The smallest absolute Gasteiger partial charge is 0.261 e. The number of carbonyl (C=O) groups excluding carboxylic acids is 1. The highest BCUT2D eigenvalue weighted by Crippen LogP contribution is 2.22. The van der Waals surface area contributed by atoms with Gasteiger partial charge in [0.2, 0.25) is 5.91 Å². The Bertz CT molecular complexity index is 995. The van der Waals surface area contributed by atoms with E-state index in [-0.39, 0.29) is 22.5 Å². The van der Waals surface area contributed by atoms with Gasteiger partial charge in [-0.1, -0.05) is 13.3 Å². The highest BCUT2D eigenvalue weighted by Gasteiger charge is 2.28. The molecule has 30 heavy (non-hydrogen) atoms. The van der Waals surface area contributed by atoms with Crippen LogP contribution in [-0.4, -0.2) is 38.4 Å². The summed E-state index contributed by atoms with van der Waals surface area (Å²) >= 11 is 0. The zero-order chi connectivity index (χ0) is 21.7. The van der Waals surface area contributed by atoms with Crippen LogP contribution in [0.5, 0.6) is 0 Å². The fraction of sp³-hybridized carbons (Fsp3) is 0.381. The van der Waals surface area contributed by atoms with Crippen molar-refractivity contribution in [2.75, 3.05) is 23.1 Å². The SMILES string of the molecule is CCCN1CCCCC1C(=O)Nc1ccc(NS(=O)(=O)c2ccc(F)c(F)c2)cc1. The predicted octanol–water partition coefficient (Wildman–Crippen LogP) is 3.97. The molecule has 3 rings (SSSR count). The van der Waals surface area contributed by atoms with E-state index in [2.05, 4.69) is 21.9 Å². The van der Waals surface area contributed by atoms with E-state index in [4.69, 9.17) is 0 Å². The molecular formula is C21H25F2N3O3S. The molecule has 0 aliphatic carbocycles. The van der Waals surface area contributed by atoms with Crippen molar-refractivity contribution < 1.29 is 22.0 Å². The average molecular weight is 438 g/mol. The van der Waals surface area contributed by atoms with Crippen molar-refractivity contribution in [3.63, 3.8) is 0 Å². The third-order valence-electron chi connectivity index (χ3n) is 5.03. The first-order chi connectivity index (χ1) is 14.3. The molecule has 1 saturated heterocycles. The lowest BCUT2D eigenvalue weighted by atomic mass is 10.0. The van der Waals surface area contributed by atoms with E-state index in [1.54, 1.807) is 12.1 Å². The van der Waals surface area contributed by atoms with Gasteiger partial charge in [0.15, 0.2) is 11.6 Å². The molecule has 1 unspecified atom stereocenters. The van der Waals surface area contributed by atoms with Crippen LogP contribution in [0.3, 0.4) is 0 Å². The molecule has 0 spiro atoms. The molecular weight excluding hydrogens is 412 g/mol. The van der Waals surface area contributed by atoms with Crippen molar-refractivity contribution in [1.29, 1.82) is 0 Å². The maximum Gasteiger partial charge on any atom is 0.261 e. The van der Waals surface area contributed by atoms with E-state index >= 15 is 0 Å². The van der Waals surface area contributed by atoms with Crippen LogP contribution in [-0.2, 0) is 14.8 Å². The number of likely N-dealkylation sites (tertiary alicyclic amines) is 1. The Morgan fingerprint density at radius 3 is 2.43 bits per heavy atom. The second kappa shape index (κ2) is 9.53. The quantitative estimate of drug-likeness (QED) is 0.687. The van der Waals surface area contributed by atoms with Crippen molar-refractivity contribution in [2.45, 2.75) is 43.5 Å². The Morgan fingerprint density at radius 1 is 1.07 bits per heavy atom. The minimum Gasteiger partial charge on any atom is -0.325 e. The van der Waals surface area contributed by atoms with Crippen LogP contribution in [0.25, 0.3) is 0 Å². The van der Waals surface area contributed by atoms with Gasteiger partial charge >= 0.3 is 0 Å². The summed E-state index contributed by atoms with van der Waals surface area (Å²) < 4.78 is 53.4. The fourth-order valence-electron chi connectivity index (χ4n) is 3.55. The van der Waals surface area contributed by atoms with Gasteiger partial charge in [-0.2, -0.15) is 0 Å². The van der Waals surface area contributed by atoms with Crippen LogP contribution in [0.2, 0.25) is 0 Å². The molecule has 0 radical (unpaired) electrons. The zero-order valence-electron chi connectivity index (χ0n) is 16.7. The zero-order valence-corrected chi connectivity index (χ0v) is 17.5. The number of benzene rings is 2. The van der Waals surface area contributed by atoms with Gasteiger partial charge in [0, 0.05) is 11.4 Å². The molecule has 0 bridgehead atoms. The van der Waals surface area contributed by atoms with Crippen LogP contribution in [0.15, 0.2) is 47.4 Å². The first-order valence-electron chi connectivity index (χ1n) is 9.93. The highest BCUT2D eigenvalue weighted by molar-refractivity contribution is 7.92. The molecule has 9 heteroatoms. The summed E-state index contributed by atoms with van der Waals surface area (Å²) in [5, 5.41) is 2.89. The number of hydrogen-bond acceptors (Lipinski definition) is 4. The van der Waals surface area contributed by atoms with Crippen molar-refractivity contribution >= 4 is 27.3 Å². The Morgan fingerprint density at radius 2 is 1.77 bits per heavy atom. The molecule has 162 valence electrons. The molecule has 2 N–H and O–H groups in total. The van der Waals surface area contributed by atoms with Crippen LogP contribution in [0.4, 0.5) is 20.2 Å². The van der Waals surface area contributed by atoms with Crippen LogP contribution < -0.4 is 10.0 Å². The highest BCUT2D eigenvalue weighted by atomic mass is 32.2. The normalized spacial score (nSPS) is 17.5. The summed E-state index contributed by atoms with van der Waals surface area (Å²) in [6, 6.07) is 8.39. The second-order valence-corrected chi connectivity index (χ2v) is 8.98. The maximum atomic E-state index is 13.3. The number of nitrogens with one attached hydrogen (secondary N) is 2. The summed E-state index contributed by atoms with van der Waals surface area (Å²) in [6.07, 6.45) is 3.91. The number of nitrogens with zero attached hydrogens (tertiary/aromatic N) is 1. The van der Waals surface area contributed by atoms with Crippen molar-refractivity contribution in [3.8, 4) is 0 Å². The van der Waals surface area contributed by atoms with Gasteiger partial charge in [0.25, 0.3) is 10.0 Å². The molecule has 0 aromatic heterocycles. The third kappa shape index (κ3) is 5.34. The number of carbonyl (C=O) groups is 1. The standard InChI is InChI=1S/C21H25F2N3O3S/c1-2-12-26-13-4-3-5-20(26)21(27)24-15-6-8-16(9-7-15)25-30(28,29)17-10-11-18(22)19(23)14-17/h6-11,14,20,25H,2-5,12-13H2,1H3,(H,24,27). The first kappa shape index (κ1) is 22.2. The van der Waals surface area contributed by atoms with Gasteiger partial charge in [0.1, 0.15) is 0 Å². The van der Waals surface area contributed by atoms with Crippen molar-refractivity contribution in [2.24, 2.45) is 0 Å². The summed E-state index contributed by atoms with van der Waals surface area (Å²) in [5.41, 5.74) is 0.792. The first-order valence-corrected chi connectivity index (χ1v) is 11.4. The molecule has 1 aliphatic heterocycles. The van der Waals surface area contributed by atoms with E-state index in [1.165, 1.54) is 12.1 Å². The molecule has 1 amide bonds. The predicted molar refractivity (Wildman–Crippen MR) is 112 cm³/mol. The van der Waals surface area contributed by atoms with Gasteiger partial charge in [-0.25, -0.2) is 17.2 Å². The van der Waals surface area contributed by atoms with Gasteiger partial charge < -0.3 is 5.32 Å². The molecule has 2 aromatic carbocycles. The summed E-state index contributed by atoms with van der Waals surface area (Å²) in [6.45, 7) is 3.88. The largest absolute Gasteiger partial charge is 0.325 e. The number of sulfonamides is 1. The van der Waals surface area contributed by atoms with Crippen molar-refractivity contribution in [3.05, 3.63) is 54.1 Å². The number of rotatable bonds is 7. The molecule has 1 atom stereocenters. The number of amides is 1. The van der Waals surface area contributed by atoms with Gasteiger partial charge in [-0.15, -0.1) is 0 Å². The topological polar surface area (TPSA) is 78.5 Å². The molecule has 0 saturated carbocycles. The average Bonchev–Trinajstić information content (AvgIpc) is 2.72. The molecule has 1 fully saturated rings. The van der Waals surface area contributed by atoms with Crippen LogP contribution >= 0.6 is 0 Å². The lowest BCUT2D eigenvalue weighted by Gasteiger charge is -2.34. The Balaban J connectivity index is 1.65. The summed E-state index contributed by atoms with van der Waals surface area (Å²) in [7, 11) is -4.07. The molecule has 1 aliphatic rings. The fourth-order valence-corrected chi connectivity index (χ4v) is 4.62.